The van der Waals surface area contributed by atoms with Crippen molar-refractivity contribution in [1.82, 2.24) is 0 Å². The van der Waals surface area contributed by atoms with Gasteiger partial charge in [-0.15, -0.1) is 11.3 Å². The SMILES string of the molecule is CCC1(C(O)C/C=C/[C@@H]2C(CCCc3ccc(C(=O)OC)s3)CC[C@H]2C#N)CCC1. The van der Waals surface area contributed by atoms with Crippen LogP contribution in [-0.2, 0) is 11.2 Å². The van der Waals surface area contributed by atoms with Crippen molar-refractivity contribution in [2.45, 2.75) is 77.2 Å². The normalized spacial score (nSPS) is 26.3. The maximum absolute atomic E-state index is 11.6. The summed E-state index contributed by atoms with van der Waals surface area (Å²) in [6, 6.07) is 6.38. The van der Waals surface area contributed by atoms with Gasteiger partial charge in [-0.1, -0.05) is 25.5 Å². The van der Waals surface area contributed by atoms with Crippen LogP contribution in [0.25, 0.3) is 0 Å². The van der Waals surface area contributed by atoms with Crippen LogP contribution in [0.5, 0.6) is 0 Å². The Bertz CT molecular complexity index is 768. The zero-order valence-corrected chi connectivity index (χ0v) is 19.1. The van der Waals surface area contributed by atoms with E-state index in [1.165, 1.54) is 29.7 Å². The van der Waals surface area contributed by atoms with Gasteiger partial charge in [0.2, 0.25) is 0 Å². The van der Waals surface area contributed by atoms with Gasteiger partial charge in [-0.2, -0.15) is 5.26 Å². The second-order valence-electron chi connectivity index (χ2n) is 9.05. The van der Waals surface area contributed by atoms with E-state index in [0.717, 1.165) is 51.4 Å². The number of thiophene rings is 1. The van der Waals surface area contributed by atoms with E-state index in [4.69, 9.17) is 4.74 Å². The van der Waals surface area contributed by atoms with Crippen molar-refractivity contribution in [3.8, 4) is 6.07 Å². The van der Waals surface area contributed by atoms with E-state index in [2.05, 4.69) is 25.1 Å². The summed E-state index contributed by atoms with van der Waals surface area (Å²) in [6.07, 6.45) is 14.6. The number of ether oxygens (including phenoxy) is 1. The highest BCUT2D eigenvalue weighted by Gasteiger charge is 2.41. The molecule has 0 amide bonds. The molecule has 0 spiro atoms. The number of nitriles is 1. The molecule has 30 heavy (non-hydrogen) atoms. The fourth-order valence-electron chi connectivity index (χ4n) is 5.31. The third-order valence-electron chi connectivity index (χ3n) is 7.55. The van der Waals surface area contributed by atoms with Crippen molar-refractivity contribution in [2.24, 2.45) is 23.2 Å². The molecular formula is C25H35NO3S. The molecule has 0 aromatic carbocycles. The molecule has 1 aromatic rings. The number of nitrogens with zero attached hydrogens (tertiary/aromatic N) is 1. The molecule has 0 aliphatic heterocycles. The van der Waals surface area contributed by atoms with Crippen LogP contribution >= 0.6 is 11.3 Å². The summed E-state index contributed by atoms with van der Waals surface area (Å²) >= 11 is 1.51. The average Bonchev–Trinajstić information content (AvgIpc) is 3.34. The topological polar surface area (TPSA) is 70.3 Å². The number of esters is 1. The number of carbonyl (C=O) groups excluding carboxylic acids is 1. The minimum absolute atomic E-state index is 0.0971. The molecule has 2 aliphatic carbocycles. The number of aliphatic hydroxyl groups is 1. The maximum atomic E-state index is 11.6. The lowest BCUT2D eigenvalue weighted by Crippen LogP contribution is -2.40. The Balaban J connectivity index is 1.50. The highest BCUT2D eigenvalue weighted by molar-refractivity contribution is 7.13. The first-order valence-electron chi connectivity index (χ1n) is 11.4. The van der Waals surface area contributed by atoms with Crippen LogP contribution in [0.3, 0.4) is 0 Å². The van der Waals surface area contributed by atoms with E-state index in [0.29, 0.717) is 23.1 Å². The minimum atomic E-state index is -0.266. The molecule has 2 unspecified atom stereocenters. The number of allylic oxidation sites excluding steroid dienone is 1. The van der Waals surface area contributed by atoms with Crippen LogP contribution < -0.4 is 0 Å². The summed E-state index contributed by atoms with van der Waals surface area (Å²) in [7, 11) is 1.41. The molecule has 3 rings (SSSR count). The summed E-state index contributed by atoms with van der Waals surface area (Å²) in [6.45, 7) is 2.19. The zero-order chi connectivity index (χ0) is 21.6. The predicted molar refractivity (Wildman–Crippen MR) is 120 cm³/mol. The van der Waals surface area contributed by atoms with Crippen LogP contribution in [0.2, 0.25) is 0 Å². The number of carbonyl (C=O) groups is 1. The molecule has 2 aliphatic rings. The van der Waals surface area contributed by atoms with Crippen LogP contribution in [0.1, 0.15) is 79.3 Å². The lowest BCUT2D eigenvalue weighted by atomic mass is 9.63. The molecule has 5 heteroatoms. The minimum Gasteiger partial charge on any atom is -0.465 e. The first-order valence-corrected chi connectivity index (χ1v) is 12.3. The molecule has 164 valence electrons. The monoisotopic (exact) mass is 429 g/mol. The van der Waals surface area contributed by atoms with Gasteiger partial charge in [-0.05, 0) is 87.2 Å². The lowest BCUT2D eigenvalue weighted by Gasteiger charge is -2.45. The van der Waals surface area contributed by atoms with Crippen molar-refractivity contribution in [1.29, 1.82) is 5.26 Å². The molecule has 4 atom stereocenters. The van der Waals surface area contributed by atoms with Crippen molar-refractivity contribution in [3.63, 3.8) is 0 Å². The molecule has 0 radical (unpaired) electrons. The molecule has 2 saturated carbocycles. The van der Waals surface area contributed by atoms with Crippen LogP contribution in [0.15, 0.2) is 24.3 Å². The highest BCUT2D eigenvalue weighted by Crippen LogP contribution is 2.48. The molecule has 0 saturated heterocycles. The quantitative estimate of drug-likeness (QED) is 0.371. The van der Waals surface area contributed by atoms with Crippen LogP contribution in [0, 0.1) is 34.5 Å². The Morgan fingerprint density at radius 3 is 2.87 bits per heavy atom. The fourth-order valence-corrected chi connectivity index (χ4v) is 6.28. The maximum Gasteiger partial charge on any atom is 0.348 e. The summed E-state index contributed by atoms with van der Waals surface area (Å²) in [5.74, 6) is 0.667. The molecule has 1 heterocycles. The Morgan fingerprint density at radius 1 is 1.43 bits per heavy atom. The van der Waals surface area contributed by atoms with Crippen molar-refractivity contribution >= 4 is 17.3 Å². The first kappa shape index (κ1) is 23.0. The standard InChI is InChI=1S/C25H35NO3S/c1-3-25(15-6-16-25)23(27)10-5-9-21-18(11-12-19(21)17-26)7-4-8-20-13-14-22(30-20)24(28)29-2/h5,9,13-14,18-19,21,23,27H,3-4,6-8,10-12,15-16H2,1-2H3/b9-5+/t18?,19-,21+,23?/m0/s1. The van der Waals surface area contributed by atoms with E-state index in [1.54, 1.807) is 0 Å². The third-order valence-corrected chi connectivity index (χ3v) is 8.67. The Hall–Kier alpha value is -1.64. The van der Waals surface area contributed by atoms with E-state index < -0.39 is 0 Å². The molecule has 2 fully saturated rings. The van der Waals surface area contributed by atoms with Gasteiger partial charge in [0.05, 0.1) is 25.2 Å². The fraction of sp³-hybridized carbons (Fsp3) is 0.680. The Morgan fingerprint density at radius 2 is 2.23 bits per heavy atom. The first-order chi connectivity index (χ1) is 14.5. The van der Waals surface area contributed by atoms with Gasteiger partial charge >= 0.3 is 5.97 Å². The van der Waals surface area contributed by atoms with Gasteiger partial charge in [0.15, 0.2) is 0 Å². The largest absolute Gasteiger partial charge is 0.465 e. The second kappa shape index (κ2) is 10.6. The zero-order valence-electron chi connectivity index (χ0n) is 18.3. The molecule has 0 bridgehead atoms. The number of methoxy groups -OCH3 is 1. The molecule has 1 aromatic heterocycles. The Labute approximate surface area is 184 Å². The lowest BCUT2D eigenvalue weighted by molar-refractivity contribution is -0.0355. The van der Waals surface area contributed by atoms with Crippen LogP contribution in [0.4, 0.5) is 0 Å². The third kappa shape index (κ3) is 5.15. The number of aryl methyl sites for hydroxylation is 1. The van der Waals surface area contributed by atoms with E-state index in [-0.39, 0.29) is 23.4 Å². The summed E-state index contributed by atoms with van der Waals surface area (Å²) < 4.78 is 4.78. The van der Waals surface area contributed by atoms with E-state index >= 15 is 0 Å². The van der Waals surface area contributed by atoms with Crippen molar-refractivity contribution in [3.05, 3.63) is 34.0 Å². The van der Waals surface area contributed by atoms with Crippen molar-refractivity contribution in [2.75, 3.05) is 7.11 Å². The van der Waals surface area contributed by atoms with E-state index in [1.807, 2.05) is 12.1 Å². The highest BCUT2D eigenvalue weighted by atomic mass is 32.1. The van der Waals surface area contributed by atoms with Crippen LogP contribution in [-0.4, -0.2) is 24.3 Å². The van der Waals surface area contributed by atoms with Crippen molar-refractivity contribution < 1.29 is 14.6 Å². The van der Waals surface area contributed by atoms with E-state index in [9.17, 15) is 15.2 Å². The average molecular weight is 430 g/mol. The smallest absolute Gasteiger partial charge is 0.348 e. The molecule has 4 nitrogen and oxygen atoms in total. The molecular weight excluding hydrogens is 394 g/mol. The van der Waals surface area contributed by atoms with Gasteiger partial charge in [-0.3, -0.25) is 0 Å². The number of aliphatic hydroxyl groups excluding tert-OH is 1. The number of hydrogen-bond acceptors (Lipinski definition) is 5. The Kier molecular flexibility index (Phi) is 8.13. The summed E-state index contributed by atoms with van der Waals surface area (Å²) in [5, 5.41) is 20.2. The summed E-state index contributed by atoms with van der Waals surface area (Å²) in [5.41, 5.74) is 0.137. The number of hydrogen-bond donors (Lipinski definition) is 1. The van der Waals surface area contributed by atoms with Gasteiger partial charge in [-0.25, -0.2) is 4.79 Å². The number of rotatable bonds is 10. The van der Waals surface area contributed by atoms with Gasteiger partial charge in [0, 0.05) is 4.88 Å². The van der Waals surface area contributed by atoms with Gasteiger partial charge in [0.25, 0.3) is 0 Å². The van der Waals surface area contributed by atoms with Gasteiger partial charge in [0.1, 0.15) is 4.88 Å². The molecule has 1 N–H and O–H groups in total. The van der Waals surface area contributed by atoms with Gasteiger partial charge < -0.3 is 9.84 Å². The second-order valence-corrected chi connectivity index (χ2v) is 10.2. The predicted octanol–water partition coefficient (Wildman–Crippen LogP) is 5.91. The summed E-state index contributed by atoms with van der Waals surface area (Å²) in [4.78, 5) is 13.5.